The van der Waals surface area contributed by atoms with Crippen molar-refractivity contribution in [1.29, 1.82) is 0 Å². The second kappa shape index (κ2) is 23.6. The second-order valence-corrected chi connectivity index (χ2v) is 11.1. The molecule has 0 aromatic heterocycles. The topological polar surface area (TPSA) is 180 Å². The molecule has 0 rings (SSSR count). The second-order valence-electron chi connectivity index (χ2n) is 7.92. The predicted octanol–water partition coefficient (Wildman–Crippen LogP) is 4.25. The van der Waals surface area contributed by atoms with Crippen molar-refractivity contribution in [2.24, 2.45) is 10.3 Å². The fraction of sp³-hybridized carbons (Fsp3) is 0.895. The third-order valence-corrected chi connectivity index (χ3v) is 7.18. The van der Waals surface area contributed by atoms with E-state index in [0.717, 1.165) is 51.4 Å². The van der Waals surface area contributed by atoms with Crippen molar-refractivity contribution in [2.45, 2.75) is 109 Å². The van der Waals surface area contributed by atoms with Crippen LogP contribution in [0.25, 0.3) is 0 Å². The molecule has 33 heavy (non-hydrogen) atoms. The fourth-order valence-electron chi connectivity index (χ4n) is 3.37. The molecular formula is C19H42N2Na2O8P2. The minimum atomic E-state index is -4.41. The molecule has 0 spiro atoms. The Hall–Kier alpha value is 1.24. The normalized spacial score (nSPS) is 12.8. The quantitative estimate of drug-likeness (QED) is 0.0335. The van der Waals surface area contributed by atoms with Crippen LogP contribution in [0.1, 0.15) is 109 Å². The van der Waals surface area contributed by atoms with E-state index in [9.17, 15) is 9.13 Å². The Bertz CT molecular complexity index is 575. The van der Waals surface area contributed by atoms with Crippen molar-refractivity contribution in [3.8, 4) is 0 Å². The van der Waals surface area contributed by atoms with Crippen LogP contribution < -0.4 is 0 Å². The number of hydrogen-bond donors (Lipinski definition) is 6. The van der Waals surface area contributed by atoms with Gasteiger partial charge in [0.05, 0.1) is 0 Å². The van der Waals surface area contributed by atoms with Crippen LogP contribution in [0, 0.1) is 0 Å². The Morgan fingerprint density at radius 2 is 0.636 bits per heavy atom. The number of hydrogen-bond acceptors (Lipinski definition) is 6. The summed E-state index contributed by atoms with van der Waals surface area (Å²) in [6.07, 6.45) is 15.8. The van der Waals surface area contributed by atoms with E-state index in [1.165, 1.54) is 32.1 Å². The molecule has 0 bridgehead atoms. The zero-order valence-electron chi connectivity index (χ0n) is 18.3. The third-order valence-electron chi connectivity index (χ3n) is 5.20. The molecule has 6 N–H and O–H groups in total. The molecule has 0 saturated carbocycles. The first kappa shape index (κ1) is 38.8. The van der Waals surface area contributed by atoms with E-state index >= 15 is 0 Å². The van der Waals surface area contributed by atoms with E-state index in [4.69, 9.17) is 30.0 Å². The van der Waals surface area contributed by atoms with E-state index in [-0.39, 0.29) is 72.0 Å². The maximum atomic E-state index is 11.0. The zero-order chi connectivity index (χ0) is 23.6. The van der Waals surface area contributed by atoms with Gasteiger partial charge in [-0.15, -0.1) is 0 Å². The van der Waals surface area contributed by atoms with Crippen LogP contribution in [-0.2, 0) is 9.13 Å². The van der Waals surface area contributed by atoms with Gasteiger partial charge >= 0.3 is 74.3 Å². The number of oxime groups is 2. The summed E-state index contributed by atoms with van der Waals surface area (Å²) in [6.45, 7) is 0. The van der Waals surface area contributed by atoms with Crippen LogP contribution >= 0.6 is 15.2 Å². The van der Waals surface area contributed by atoms with Crippen molar-refractivity contribution < 1.29 is 39.1 Å². The monoisotopic (exact) mass is 534 g/mol. The van der Waals surface area contributed by atoms with Gasteiger partial charge in [-0.25, -0.2) is 0 Å². The minimum absolute atomic E-state index is 0. The third kappa shape index (κ3) is 23.4. The van der Waals surface area contributed by atoms with E-state index in [1.54, 1.807) is 0 Å². The number of nitrogens with zero attached hydrogens (tertiary/aromatic N) is 2. The number of unbranched alkanes of at least 4 members (excludes halogenated alkanes) is 14. The first-order valence-electron chi connectivity index (χ1n) is 11.2. The summed E-state index contributed by atoms with van der Waals surface area (Å²) in [5.74, 6) is 0. The Labute approximate surface area is 242 Å². The van der Waals surface area contributed by atoms with Crippen LogP contribution in [0.2, 0.25) is 0 Å². The van der Waals surface area contributed by atoms with Crippen molar-refractivity contribution in [1.82, 2.24) is 0 Å². The molecule has 188 valence electrons. The van der Waals surface area contributed by atoms with Gasteiger partial charge in [0.2, 0.25) is 0 Å². The summed E-state index contributed by atoms with van der Waals surface area (Å²) in [4.78, 5) is 35.8. The van der Waals surface area contributed by atoms with Crippen LogP contribution in [0.15, 0.2) is 10.3 Å². The summed E-state index contributed by atoms with van der Waals surface area (Å²) in [7, 11) is -8.83. The Morgan fingerprint density at radius 1 is 0.455 bits per heavy atom. The van der Waals surface area contributed by atoms with Gasteiger partial charge in [0.1, 0.15) is 0 Å². The predicted molar refractivity (Wildman–Crippen MR) is 135 cm³/mol. The van der Waals surface area contributed by atoms with E-state index in [2.05, 4.69) is 10.3 Å². The molecule has 14 heteroatoms. The van der Waals surface area contributed by atoms with Crippen molar-refractivity contribution >= 4 is 85.2 Å². The van der Waals surface area contributed by atoms with Crippen molar-refractivity contribution in [2.75, 3.05) is 0 Å². The van der Waals surface area contributed by atoms with E-state index in [1.807, 2.05) is 0 Å². The molecule has 0 heterocycles. The van der Waals surface area contributed by atoms with Gasteiger partial charge in [-0.3, -0.25) is 9.13 Å². The van der Waals surface area contributed by atoms with Gasteiger partial charge in [-0.05, 0) is 12.8 Å². The van der Waals surface area contributed by atoms with Crippen LogP contribution in [-0.4, -0.2) is 100 Å². The van der Waals surface area contributed by atoms with Crippen molar-refractivity contribution in [3.05, 3.63) is 0 Å². The SMILES string of the molecule is O=P(O)(O)/C(CCCCCCCCCCCCCCCCC/C(=N\O)P(=O)(O)O)=N\O.[NaH].[NaH]. The molecular weight excluding hydrogens is 492 g/mol. The van der Waals surface area contributed by atoms with Crippen LogP contribution in [0.5, 0.6) is 0 Å². The van der Waals surface area contributed by atoms with Gasteiger partial charge in [0.15, 0.2) is 10.9 Å². The molecule has 10 nitrogen and oxygen atoms in total. The van der Waals surface area contributed by atoms with Crippen molar-refractivity contribution in [3.63, 3.8) is 0 Å². The summed E-state index contributed by atoms with van der Waals surface area (Å²) < 4.78 is 22.0. The molecule has 0 aromatic rings. The molecule has 0 amide bonds. The standard InChI is InChI=1S/C19H40N2O8P2.2Na.2H/c22-20-18(30(24,25)26)16-14-12-10-8-6-4-2-1-3-5-7-9-11-13-15-17-19(21-23)31(27,28)29;;;;/h22-23H,1-17H2,(H2,24,25,26)(H2,27,28,29);;;;/b20-18-,21-19+;;;;. The molecule has 0 aliphatic heterocycles. The zero-order valence-corrected chi connectivity index (χ0v) is 20.1. The Kier molecular flexibility index (Phi) is 27.8. The Balaban J connectivity index is -0.00000450. The van der Waals surface area contributed by atoms with Crippen LogP contribution in [0.4, 0.5) is 0 Å². The first-order valence-corrected chi connectivity index (χ1v) is 14.4. The van der Waals surface area contributed by atoms with Gasteiger partial charge < -0.3 is 30.0 Å². The Morgan fingerprint density at radius 3 is 0.788 bits per heavy atom. The summed E-state index contributed by atoms with van der Waals surface area (Å²) in [6, 6.07) is 0. The van der Waals surface area contributed by atoms with Gasteiger partial charge in [-0.1, -0.05) is 93.8 Å². The van der Waals surface area contributed by atoms with Crippen LogP contribution in [0.3, 0.4) is 0 Å². The molecule has 0 unspecified atom stereocenters. The van der Waals surface area contributed by atoms with E-state index in [0.29, 0.717) is 12.8 Å². The first-order chi connectivity index (χ1) is 14.6. The molecule has 0 saturated heterocycles. The number of rotatable bonds is 20. The molecule has 0 fully saturated rings. The summed E-state index contributed by atoms with van der Waals surface area (Å²) in [5, 5.41) is 22.6. The molecule has 0 atom stereocenters. The maximum absolute atomic E-state index is 11.0. The van der Waals surface area contributed by atoms with Gasteiger partial charge in [0.25, 0.3) is 0 Å². The molecule has 0 radical (unpaired) electrons. The molecule has 0 aliphatic rings. The average Bonchev–Trinajstić information content (AvgIpc) is 2.68. The molecule has 0 aliphatic carbocycles. The van der Waals surface area contributed by atoms with Gasteiger partial charge in [-0.2, -0.15) is 0 Å². The van der Waals surface area contributed by atoms with E-state index < -0.39 is 26.1 Å². The average molecular weight is 534 g/mol. The summed E-state index contributed by atoms with van der Waals surface area (Å²) >= 11 is 0. The fourth-order valence-corrected chi connectivity index (χ4v) is 4.50. The summed E-state index contributed by atoms with van der Waals surface area (Å²) in [5.41, 5.74) is -0.865. The molecule has 0 aromatic carbocycles. The van der Waals surface area contributed by atoms with Gasteiger partial charge in [0, 0.05) is 12.8 Å².